The van der Waals surface area contributed by atoms with Crippen molar-refractivity contribution in [2.45, 2.75) is 32.7 Å². The maximum Gasteiger partial charge on any atom is 0.263 e. The second-order valence-electron chi connectivity index (χ2n) is 5.04. The van der Waals surface area contributed by atoms with Crippen molar-refractivity contribution in [1.29, 1.82) is 0 Å². The fourth-order valence-electron chi connectivity index (χ4n) is 2.07. The molecule has 1 unspecified atom stereocenters. The van der Waals surface area contributed by atoms with Crippen LogP contribution >= 0.6 is 11.3 Å². The third-order valence-electron chi connectivity index (χ3n) is 3.20. The zero-order chi connectivity index (χ0) is 15.2. The van der Waals surface area contributed by atoms with Gasteiger partial charge in [0.25, 0.3) is 5.91 Å². The molecule has 4 nitrogen and oxygen atoms in total. The average molecular weight is 304 g/mol. The van der Waals surface area contributed by atoms with Gasteiger partial charge in [0, 0.05) is 18.2 Å². The lowest BCUT2D eigenvalue weighted by atomic mass is 10.2. The summed E-state index contributed by atoms with van der Waals surface area (Å²) in [4.78, 5) is 17.4. The number of hydrogen-bond acceptors (Lipinski definition) is 4. The molecular weight excluding hydrogens is 284 g/mol. The van der Waals surface area contributed by atoms with Gasteiger partial charge in [-0.15, -0.1) is 11.3 Å². The number of amides is 1. The number of nitrogens with zero attached hydrogens (tertiary/aromatic N) is 1. The number of thiazole rings is 1. The van der Waals surface area contributed by atoms with Crippen LogP contribution in [0.4, 0.5) is 0 Å². The number of carbonyl (C=O) groups is 1. The van der Waals surface area contributed by atoms with Crippen LogP contribution < -0.4 is 5.32 Å². The predicted octanol–water partition coefficient (Wildman–Crippen LogP) is 3.01. The molecule has 0 fully saturated rings. The van der Waals surface area contributed by atoms with Gasteiger partial charge in [0.05, 0.1) is 5.69 Å². The fraction of sp³-hybridized carbons (Fsp3) is 0.375. The first-order valence-corrected chi connectivity index (χ1v) is 7.88. The first-order valence-electron chi connectivity index (χ1n) is 7.06. The number of aliphatic hydroxyl groups excluding tert-OH is 1. The third kappa shape index (κ3) is 4.12. The van der Waals surface area contributed by atoms with Crippen LogP contribution in [0.25, 0.3) is 10.6 Å². The van der Waals surface area contributed by atoms with E-state index in [0.29, 0.717) is 11.3 Å². The van der Waals surface area contributed by atoms with E-state index < -0.39 is 0 Å². The van der Waals surface area contributed by atoms with Crippen molar-refractivity contribution in [3.05, 3.63) is 40.9 Å². The quantitative estimate of drug-likeness (QED) is 0.862. The number of aliphatic hydroxyl groups is 1. The second kappa shape index (κ2) is 7.33. The molecule has 0 saturated heterocycles. The van der Waals surface area contributed by atoms with Gasteiger partial charge in [-0.3, -0.25) is 4.79 Å². The maximum atomic E-state index is 12.3. The highest BCUT2D eigenvalue weighted by atomic mass is 32.1. The predicted molar refractivity (Wildman–Crippen MR) is 85.5 cm³/mol. The summed E-state index contributed by atoms with van der Waals surface area (Å²) in [5, 5.41) is 12.6. The van der Waals surface area contributed by atoms with Crippen molar-refractivity contribution in [3.63, 3.8) is 0 Å². The molecule has 0 aliphatic rings. The molecule has 1 heterocycles. The van der Waals surface area contributed by atoms with Gasteiger partial charge < -0.3 is 10.4 Å². The van der Waals surface area contributed by atoms with Crippen LogP contribution in [0, 0.1) is 6.92 Å². The molecule has 0 radical (unpaired) electrons. The number of rotatable bonds is 6. The summed E-state index contributed by atoms with van der Waals surface area (Å²) in [5.74, 6) is -0.0855. The highest BCUT2D eigenvalue weighted by molar-refractivity contribution is 7.17. The van der Waals surface area contributed by atoms with Gasteiger partial charge >= 0.3 is 0 Å². The second-order valence-corrected chi connectivity index (χ2v) is 6.04. The number of benzene rings is 1. The lowest BCUT2D eigenvalue weighted by Crippen LogP contribution is -2.32. The summed E-state index contributed by atoms with van der Waals surface area (Å²) >= 11 is 1.41. The van der Waals surface area contributed by atoms with Crippen LogP contribution in [0.2, 0.25) is 0 Å². The Kier molecular flexibility index (Phi) is 5.47. The van der Waals surface area contributed by atoms with E-state index in [9.17, 15) is 4.79 Å². The molecule has 0 spiro atoms. The molecule has 1 aromatic carbocycles. The standard InChI is InChI=1S/C16H20N2O2S/c1-11(7-6-10-19)17-15(20)14-12(2)18-16(21-14)13-8-4-3-5-9-13/h3-5,8-9,11,19H,6-7,10H2,1-2H3,(H,17,20). The van der Waals surface area contributed by atoms with Crippen molar-refractivity contribution >= 4 is 17.2 Å². The Morgan fingerprint density at radius 1 is 1.38 bits per heavy atom. The minimum atomic E-state index is -0.0855. The maximum absolute atomic E-state index is 12.3. The number of nitrogens with one attached hydrogen (secondary N) is 1. The van der Waals surface area contributed by atoms with Crippen LogP contribution in [0.15, 0.2) is 30.3 Å². The molecule has 21 heavy (non-hydrogen) atoms. The van der Waals surface area contributed by atoms with Gasteiger partial charge in [-0.25, -0.2) is 4.98 Å². The Morgan fingerprint density at radius 2 is 2.10 bits per heavy atom. The van der Waals surface area contributed by atoms with Crippen molar-refractivity contribution in [2.24, 2.45) is 0 Å². The average Bonchev–Trinajstić information content (AvgIpc) is 2.88. The fourth-order valence-corrected chi connectivity index (χ4v) is 3.05. The van der Waals surface area contributed by atoms with Crippen LogP contribution in [-0.4, -0.2) is 28.6 Å². The molecule has 0 bridgehead atoms. The Morgan fingerprint density at radius 3 is 2.76 bits per heavy atom. The highest BCUT2D eigenvalue weighted by Gasteiger charge is 2.17. The van der Waals surface area contributed by atoms with E-state index >= 15 is 0 Å². The molecule has 2 N–H and O–H groups in total. The van der Waals surface area contributed by atoms with Crippen molar-refractivity contribution < 1.29 is 9.90 Å². The summed E-state index contributed by atoms with van der Waals surface area (Å²) < 4.78 is 0. The van der Waals surface area contributed by atoms with Gasteiger partial charge in [0.2, 0.25) is 0 Å². The highest BCUT2D eigenvalue weighted by Crippen LogP contribution is 2.27. The van der Waals surface area contributed by atoms with E-state index in [4.69, 9.17) is 5.11 Å². The summed E-state index contributed by atoms with van der Waals surface area (Å²) in [7, 11) is 0. The third-order valence-corrected chi connectivity index (χ3v) is 4.40. The first kappa shape index (κ1) is 15.7. The minimum absolute atomic E-state index is 0.0475. The van der Waals surface area contributed by atoms with Crippen molar-refractivity contribution in [3.8, 4) is 10.6 Å². The molecule has 1 atom stereocenters. The van der Waals surface area contributed by atoms with Gasteiger partial charge in [-0.1, -0.05) is 30.3 Å². The molecule has 1 amide bonds. The SMILES string of the molecule is Cc1nc(-c2ccccc2)sc1C(=O)NC(C)CCCO. The molecule has 1 aromatic heterocycles. The molecule has 2 rings (SSSR count). The Balaban J connectivity index is 2.10. The van der Waals surface area contributed by atoms with E-state index in [-0.39, 0.29) is 18.6 Å². The molecule has 5 heteroatoms. The summed E-state index contributed by atoms with van der Waals surface area (Å²) in [6.45, 7) is 3.95. The van der Waals surface area contributed by atoms with E-state index in [1.807, 2.05) is 44.2 Å². The van der Waals surface area contributed by atoms with Gasteiger partial charge in [0.1, 0.15) is 9.88 Å². The number of aryl methyl sites for hydroxylation is 1. The van der Waals surface area contributed by atoms with Gasteiger partial charge in [0.15, 0.2) is 0 Å². The van der Waals surface area contributed by atoms with Crippen molar-refractivity contribution in [2.75, 3.05) is 6.61 Å². The molecule has 112 valence electrons. The number of hydrogen-bond donors (Lipinski definition) is 2. The molecule has 0 saturated carbocycles. The van der Waals surface area contributed by atoms with Gasteiger partial charge in [-0.05, 0) is 26.7 Å². The van der Waals surface area contributed by atoms with Crippen molar-refractivity contribution in [1.82, 2.24) is 10.3 Å². The number of carbonyl (C=O) groups excluding carboxylic acids is 1. The molecule has 0 aliphatic carbocycles. The monoisotopic (exact) mass is 304 g/mol. The molecule has 2 aromatic rings. The molecule has 0 aliphatic heterocycles. The summed E-state index contributed by atoms with van der Waals surface area (Å²) in [5.41, 5.74) is 1.78. The van der Waals surface area contributed by atoms with E-state index in [2.05, 4.69) is 10.3 Å². The smallest absolute Gasteiger partial charge is 0.263 e. The zero-order valence-electron chi connectivity index (χ0n) is 12.3. The largest absolute Gasteiger partial charge is 0.396 e. The lowest BCUT2D eigenvalue weighted by molar-refractivity contribution is 0.0939. The Hall–Kier alpha value is -1.72. The Labute approximate surface area is 128 Å². The topological polar surface area (TPSA) is 62.2 Å². The van der Waals surface area contributed by atoms with Crippen LogP contribution in [0.5, 0.6) is 0 Å². The van der Waals surface area contributed by atoms with Crippen LogP contribution in [-0.2, 0) is 0 Å². The summed E-state index contributed by atoms with van der Waals surface area (Å²) in [6, 6.07) is 9.91. The van der Waals surface area contributed by atoms with E-state index in [0.717, 1.165) is 22.7 Å². The van der Waals surface area contributed by atoms with E-state index in [1.54, 1.807) is 0 Å². The number of aromatic nitrogens is 1. The first-order chi connectivity index (χ1) is 10.1. The Bertz CT molecular complexity index is 596. The van der Waals surface area contributed by atoms with Gasteiger partial charge in [-0.2, -0.15) is 0 Å². The molecular formula is C16H20N2O2S. The summed E-state index contributed by atoms with van der Waals surface area (Å²) in [6.07, 6.45) is 1.46. The minimum Gasteiger partial charge on any atom is -0.396 e. The zero-order valence-corrected chi connectivity index (χ0v) is 13.1. The van der Waals surface area contributed by atoms with Crippen LogP contribution in [0.3, 0.4) is 0 Å². The normalized spacial score (nSPS) is 12.1. The van der Waals surface area contributed by atoms with Crippen LogP contribution in [0.1, 0.15) is 35.1 Å². The van der Waals surface area contributed by atoms with E-state index in [1.165, 1.54) is 11.3 Å². The lowest BCUT2D eigenvalue weighted by Gasteiger charge is -2.12.